The highest BCUT2D eigenvalue weighted by Crippen LogP contribution is 2.37. The molecule has 0 spiro atoms. The van der Waals surface area contributed by atoms with Crippen molar-refractivity contribution in [1.82, 2.24) is 10.2 Å². The molecule has 9 heteroatoms. The molecule has 198 valence electrons. The van der Waals surface area contributed by atoms with Gasteiger partial charge in [-0.2, -0.15) is 5.26 Å². The first-order valence-electron chi connectivity index (χ1n) is 12.5. The summed E-state index contributed by atoms with van der Waals surface area (Å²) in [6, 6.07) is 15.5. The number of ether oxygens (including phenoxy) is 1. The summed E-state index contributed by atoms with van der Waals surface area (Å²) in [7, 11) is 1.42. The van der Waals surface area contributed by atoms with E-state index in [9.17, 15) is 19.8 Å². The Morgan fingerprint density at radius 1 is 1.18 bits per heavy atom. The molecule has 1 saturated heterocycles. The van der Waals surface area contributed by atoms with E-state index in [1.54, 1.807) is 19.1 Å². The van der Waals surface area contributed by atoms with Gasteiger partial charge in [-0.15, -0.1) is 0 Å². The molecule has 0 saturated carbocycles. The number of nitrogens with one attached hydrogen (secondary N) is 1. The highest BCUT2D eigenvalue weighted by Gasteiger charge is 2.28. The van der Waals surface area contributed by atoms with E-state index >= 15 is 0 Å². The minimum Gasteiger partial charge on any atom is -0.504 e. The first kappa shape index (κ1) is 26.8. The Labute approximate surface area is 220 Å². The number of aromatic hydroxyl groups is 2. The summed E-state index contributed by atoms with van der Waals surface area (Å²) in [5.41, 5.74) is 1.74. The lowest BCUT2D eigenvalue weighted by Crippen LogP contribution is -2.44. The molecule has 0 aliphatic carbocycles. The van der Waals surface area contributed by atoms with Gasteiger partial charge in [-0.1, -0.05) is 18.2 Å². The summed E-state index contributed by atoms with van der Waals surface area (Å²) >= 11 is 0. The van der Waals surface area contributed by atoms with Gasteiger partial charge < -0.3 is 24.7 Å². The van der Waals surface area contributed by atoms with Crippen LogP contribution >= 0.6 is 0 Å². The van der Waals surface area contributed by atoms with Crippen LogP contribution < -0.4 is 15.5 Å². The SMILES string of the molecule is COc1cc(C(CC(=O)NC2CCN(Cc3ccc(C#N)cc3)CC2)c2oc(C)cc(=O)c2O)ccc1O. The third kappa shape index (κ3) is 6.33. The molecule has 1 fully saturated rings. The second-order valence-corrected chi connectivity index (χ2v) is 9.55. The second kappa shape index (κ2) is 11.8. The van der Waals surface area contributed by atoms with Gasteiger partial charge in [0, 0.05) is 38.2 Å². The van der Waals surface area contributed by atoms with Crippen LogP contribution in [-0.2, 0) is 11.3 Å². The number of carbonyl (C=O) groups excluding carboxylic acids is 1. The van der Waals surface area contributed by atoms with Gasteiger partial charge in [0.2, 0.25) is 17.1 Å². The molecule has 1 amide bonds. The number of nitriles is 1. The Balaban J connectivity index is 1.44. The summed E-state index contributed by atoms with van der Waals surface area (Å²) < 4.78 is 10.9. The fourth-order valence-corrected chi connectivity index (χ4v) is 4.78. The molecule has 1 aromatic heterocycles. The second-order valence-electron chi connectivity index (χ2n) is 9.55. The molecule has 3 N–H and O–H groups in total. The highest BCUT2D eigenvalue weighted by atomic mass is 16.5. The lowest BCUT2D eigenvalue weighted by molar-refractivity contribution is -0.122. The number of nitrogens with zero attached hydrogens (tertiary/aromatic N) is 2. The first-order valence-corrected chi connectivity index (χ1v) is 12.5. The van der Waals surface area contributed by atoms with Crippen LogP contribution in [0.2, 0.25) is 0 Å². The lowest BCUT2D eigenvalue weighted by Gasteiger charge is -2.32. The van der Waals surface area contributed by atoms with Crippen molar-refractivity contribution in [1.29, 1.82) is 5.26 Å². The van der Waals surface area contributed by atoms with Gasteiger partial charge in [-0.3, -0.25) is 14.5 Å². The lowest BCUT2D eigenvalue weighted by atomic mass is 9.91. The molecule has 4 rings (SSSR count). The van der Waals surface area contributed by atoms with Crippen molar-refractivity contribution in [3.63, 3.8) is 0 Å². The third-order valence-electron chi connectivity index (χ3n) is 6.83. The van der Waals surface area contributed by atoms with Crippen molar-refractivity contribution < 1.29 is 24.2 Å². The number of aryl methyl sites for hydroxylation is 1. The number of hydrogen-bond donors (Lipinski definition) is 3. The maximum Gasteiger partial charge on any atom is 0.227 e. The number of methoxy groups -OCH3 is 1. The van der Waals surface area contributed by atoms with E-state index < -0.39 is 17.1 Å². The minimum absolute atomic E-state index is 0.00451. The smallest absolute Gasteiger partial charge is 0.227 e. The van der Waals surface area contributed by atoms with Crippen LogP contribution in [-0.4, -0.2) is 47.3 Å². The highest BCUT2D eigenvalue weighted by molar-refractivity contribution is 5.78. The summed E-state index contributed by atoms with van der Waals surface area (Å²) in [6.45, 7) is 4.02. The molecular formula is C29H31N3O6. The third-order valence-corrected chi connectivity index (χ3v) is 6.83. The largest absolute Gasteiger partial charge is 0.504 e. The van der Waals surface area contributed by atoms with Gasteiger partial charge >= 0.3 is 0 Å². The van der Waals surface area contributed by atoms with Crippen molar-refractivity contribution in [2.24, 2.45) is 0 Å². The quantitative estimate of drug-likeness (QED) is 0.413. The zero-order valence-electron chi connectivity index (χ0n) is 21.4. The average molecular weight is 518 g/mol. The fraction of sp³-hybridized carbons (Fsp3) is 0.345. The van der Waals surface area contributed by atoms with Gasteiger partial charge in [0.1, 0.15) is 5.76 Å². The Bertz CT molecular complexity index is 1380. The van der Waals surface area contributed by atoms with Gasteiger partial charge in [-0.05, 0) is 55.2 Å². The van der Waals surface area contributed by atoms with Crippen LogP contribution in [0.5, 0.6) is 17.2 Å². The van der Waals surface area contributed by atoms with Crippen LogP contribution in [0.1, 0.15) is 53.4 Å². The Hall–Kier alpha value is -4.29. The fourth-order valence-electron chi connectivity index (χ4n) is 4.78. The number of rotatable bonds is 8. The molecule has 0 radical (unpaired) electrons. The van der Waals surface area contributed by atoms with Crippen LogP contribution in [0.25, 0.3) is 0 Å². The molecule has 1 aliphatic heterocycles. The van der Waals surface area contributed by atoms with E-state index in [2.05, 4.69) is 16.3 Å². The molecule has 0 bridgehead atoms. The Kier molecular flexibility index (Phi) is 8.34. The predicted molar refractivity (Wildman–Crippen MR) is 140 cm³/mol. The zero-order chi connectivity index (χ0) is 27.2. The normalized spacial score (nSPS) is 15.0. The van der Waals surface area contributed by atoms with Gasteiger partial charge in [0.05, 0.1) is 24.7 Å². The number of phenols is 1. The molecule has 1 atom stereocenters. The number of likely N-dealkylation sites (tertiary alicyclic amines) is 1. The molecule has 9 nitrogen and oxygen atoms in total. The zero-order valence-corrected chi connectivity index (χ0v) is 21.4. The van der Waals surface area contributed by atoms with E-state index in [-0.39, 0.29) is 35.6 Å². The minimum atomic E-state index is -0.770. The van der Waals surface area contributed by atoms with Crippen LogP contribution in [0.15, 0.2) is 57.7 Å². The van der Waals surface area contributed by atoms with E-state index in [1.807, 2.05) is 24.3 Å². The molecular weight excluding hydrogens is 486 g/mol. The van der Waals surface area contributed by atoms with Crippen molar-refractivity contribution in [3.05, 3.63) is 87.0 Å². The van der Waals surface area contributed by atoms with Gasteiger partial charge in [0.15, 0.2) is 17.3 Å². The van der Waals surface area contributed by atoms with Crippen molar-refractivity contribution >= 4 is 5.91 Å². The molecule has 2 heterocycles. The number of phenolic OH excluding ortho intramolecular Hbond substituents is 1. The summed E-state index contributed by atoms with van der Waals surface area (Å²) in [6.07, 6.45) is 1.49. The van der Waals surface area contributed by atoms with Gasteiger partial charge in [-0.25, -0.2) is 0 Å². The van der Waals surface area contributed by atoms with Crippen LogP contribution in [0, 0.1) is 18.3 Å². The number of amides is 1. The predicted octanol–water partition coefficient (Wildman–Crippen LogP) is 3.54. The summed E-state index contributed by atoms with van der Waals surface area (Å²) in [5, 5.41) is 32.6. The van der Waals surface area contributed by atoms with E-state index in [1.165, 1.54) is 19.2 Å². The first-order chi connectivity index (χ1) is 18.3. The maximum atomic E-state index is 13.2. The Morgan fingerprint density at radius 3 is 2.55 bits per heavy atom. The van der Waals surface area contributed by atoms with E-state index in [4.69, 9.17) is 14.4 Å². The molecule has 3 aromatic rings. The number of hydrogen-bond acceptors (Lipinski definition) is 8. The number of piperidine rings is 1. The van der Waals surface area contributed by atoms with Crippen LogP contribution in [0.4, 0.5) is 0 Å². The topological polar surface area (TPSA) is 136 Å². The number of benzene rings is 2. The van der Waals surface area contributed by atoms with Crippen LogP contribution in [0.3, 0.4) is 0 Å². The van der Waals surface area contributed by atoms with Gasteiger partial charge in [0.25, 0.3) is 0 Å². The molecule has 1 aliphatic rings. The summed E-state index contributed by atoms with van der Waals surface area (Å²) in [4.78, 5) is 27.8. The van der Waals surface area contributed by atoms with E-state index in [0.29, 0.717) is 16.9 Å². The van der Waals surface area contributed by atoms with E-state index in [0.717, 1.165) is 38.0 Å². The molecule has 1 unspecified atom stereocenters. The van der Waals surface area contributed by atoms with Crippen molar-refractivity contribution in [2.75, 3.05) is 20.2 Å². The molecule has 2 aromatic carbocycles. The summed E-state index contributed by atoms with van der Waals surface area (Å²) in [5.74, 6) is -1.11. The standard InChI is InChI=1S/C29H31N3O6/c1-18-13-25(34)28(36)29(38-18)23(21-7-8-24(33)26(14-21)37-2)15-27(35)31-22-9-11-32(12-10-22)17-20-5-3-19(16-30)4-6-20/h3-8,13-14,22-23,33,36H,9-12,15,17H2,1-2H3,(H,31,35). The van der Waals surface area contributed by atoms with Crippen molar-refractivity contribution in [3.8, 4) is 23.3 Å². The Morgan fingerprint density at radius 2 is 1.89 bits per heavy atom. The monoisotopic (exact) mass is 517 g/mol. The number of carbonyl (C=O) groups is 1. The maximum absolute atomic E-state index is 13.2. The average Bonchev–Trinajstić information content (AvgIpc) is 2.91. The molecule has 38 heavy (non-hydrogen) atoms. The van der Waals surface area contributed by atoms with Crippen molar-refractivity contribution in [2.45, 2.75) is 44.7 Å².